The van der Waals surface area contributed by atoms with E-state index in [2.05, 4.69) is 92.8 Å². The molecule has 0 bridgehead atoms. The van der Waals surface area contributed by atoms with Crippen LogP contribution in [0.3, 0.4) is 0 Å². The molecule has 2 aliphatic heterocycles. The van der Waals surface area contributed by atoms with Gasteiger partial charge in [-0.3, -0.25) is 4.79 Å². The molecule has 2 saturated heterocycles. The van der Waals surface area contributed by atoms with Gasteiger partial charge in [-0.15, -0.1) is 0 Å². The lowest BCUT2D eigenvalue weighted by Crippen LogP contribution is -2.63. The van der Waals surface area contributed by atoms with Crippen LogP contribution in [-0.2, 0) is 32.9 Å². The molecule has 11 nitrogen and oxygen atoms in total. The van der Waals surface area contributed by atoms with Crippen molar-refractivity contribution < 1.29 is 43.1 Å². The summed E-state index contributed by atoms with van der Waals surface area (Å²) in [4.78, 5) is 17.0. The van der Waals surface area contributed by atoms with E-state index in [1.807, 2.05) is 34.6 Å². The maximum atomic E-state index is 14.7. The van der Waals surface area contributed by atoms with Gasteiger partial charge in [-0.05, 0) is 131 Å². The summed E-state index contributed by atoms with van der Waals surface area (Å²) in [5.74, 6) is -1.24. The average molecular weight is 843 g/mol. The van der Waals surface area contributed by atoms with Crippen molar-refractivity contribution in [2.45, 2.75) is 232 Å². The molecule has 3 fully saturated rings. The normalized spacial score (nSPS) is 44.9. The Morgan fingerprint density at radius 2 is 1.52 bits per heavy atom. The molecule has 0 aromatic carbocycles. The molecule has 0 aromatic rings. The minimum Gasteiger partial charge on any atom is -0.459 e. The lowest BCUT2D eigenvalue weighted by Gasteiger charge is -2.48. The zero-order valence-electron chi connectivity index (χ0n) is 40.4. The van der Waals surface area contributed by atoms with Crippen LogP contribution in [0.5, 0.6) is 0 Å². The Balaban J connectivity index is 2.21. The van der Waals surface area contributed by atoms with Crippen LogP contribution in [0.2, 0.25) is 18.1 Å². The molecule has 58 heavy (non-hydrogen) atoms. The van der Waals surface area contributed by atoms with Gasteiger partial charge in [0.25, 0.3) is 0 Å². The number of ether oxygens (including phenoxy) is 5. The smallest absolute Gasteiger partial charge is 0.311 e. The van der Waals surface area contributed by atoms with E-state index in [0.29, 0.717) is 31.7 Å². The molecule has 1 aliphatic carbocycles. The summed E-state index contributed by atoms with van der Waals surface area (Å²) < 4.78 is 40.6. The number of carbonyl (C=O) groups is 1. The van der Waals surface area contributed by atoms with Gasteiger partial charge in [-0.2, -0.15) is 0 Å². The molecule has 2 heterocycles. The quantitative estimate of drug-likeness (QED) is 0.119. The van der Waals surface area contributed by atoms with E-state index in [0.717, 1.165) is 25.7 Å². The van der Waals surface area contributed by atoms with Gasteiger partial charge >= 0.3 is 5.97 Å². The van der Waals surface area contributed by atoms with Gasteiger partial charge in [0.15, 0.2) is 14.6 Å². The zero-order valence-corrected chi connectivity index (χ0v) is 41.4. The number of nitrogens with one attached hydrogen (secondary N) is 1. The largest absolute Gasteiger partial charge is 0.459 e. The van der Waals surface area contributed by atoms with Crippen molar-refractivity contribution in [3.05, 3.63) is 0 Å². The van der Waals surface area contributed by atoms with Crippen molar-refractivity contribution in [1.29, 1.82) is 0 Å². The Hall–Kier alpha value is -0.673. The number of cyclic esters (lactones) is 1. The summed E-state index contributed by atoms with van der Waals surface area (Å²) >= 11 is 0. The first-order valence-electron chi connectivity index (χ1n) is 22.7. The fourth-order valence-electron chi connectivity index (χ4n) is 10.1. The SMILES string of the molecule is CC[C@H]1OC(=O)[C@H](C)C(O[C@@H]2CC[C@@H](C)C[C@](C)(OC)C2)[C@H](C)[C@@H](OC2O[C@H](C)C[C@H](N(C)C)[C@H]2C)[C@](C)(O)C[C@@H](C)CN[C@H](C)[C@@H](O[Si](C)(C)C(C)(C)C)[C@]1(C)O. The molecule has 0 spiro atoms. The minimum absolute atomic E-state index is 0.0000979. The monoisotopic (exact) mass is 843 g/mol. The van der Waals surface area contributed by atoms with E-state index >= 15 is 0 Å². The number of carbonyl (C=O) groups excluding carboxylic acids is 1. The molecule has 342 valence electrons. The highest BCUT2D eigenvalue weighted by Gasteiger charge is 2.53. The van der Waals surface area contributed by atoms with Crippen molar-refractivity contribution in [1.82, 2.24) is 10.2 Å². The highest BCUT2D eigenvalue weighted by atomic mass is 28.4. The Morgan fingerprint density at radius 1 is 0.897 bits per heavy atom. The third-order valence-electron chi connectivity index (χ3n) is 14.7. The second kappa shape index (κ2) is 20.2. The second-order valence-electron chi connectivity index (χ2n) is 21.8. The van der Waals surface area contributed by atoms with Crippen LogP contribution < -0.4 is 5.32 Å². The van der Waals surface area contributed by atoms with Gasteiger partial charge in [0.1, 0.15) is 11.7 Å². The van der Waals surface area contributed by atoms with Gasteiger partial charge in [0.2, 0.25) is 0 Å². The maximum absolute atomic E-state index is 14.7. The molecule has 1 saturated carbocycles. The van der Waals surface area contributed by atoms with Crippen LogP contribution in [0.25, 0.3) is 0 Å². The van der Waals surface area contributed by atoms with E-state index in [-0.39, 0.29) is 46.8 Å². The van der Waals surface area contributed by atoms with E-state index in [9.17, 15) is 15.0 Å². The highest BCUT2D eigenvalue weighted by molar-refractivity contribution is 6.74. The Kier molecular flexibility index (Phi) is 18.0. The lowest BCUT2D eigenvalue weighted by atomic mass is 9.77. The summed E-state index contributed by atoms with van der Waals surface area (Å²) in [6.07, 6.45) is 1.21. The van der Waals surface area contributed by atoms with Crippen molar-refractivity contribution in [2.24, 2.45) is 29.6 Å². The van der Waals surface area contributed by atoms with Gasteiger partial charge in [-0.1, -0.05) is 55.4 Å². The molecule has 3 aliphatic rings. The van der Waals surface area contributed by atoms with Gasteiger partial charge in [-0.25, -0.2) is 0 Å². The van der Waals surface area contributed by atoms with Crippen molar-refractivity contribution in [2.75, 3.05) is 27.7 Å². The molecule has 17 atom stereocenters. The predicted octanol–water partition coefficient (Wildman–Crippen LogP) is 7.95. The molecular formula is C46H90N2O9Si. The molecule has 0 amide bonds. The van der Waals surface area contributed by atoms with Crippen molar-refractivity contribution >= 4 is 14.3 Å². The molecular weight excluding hydrogens is 753 g/mol. The lowest BCUT2D eigenvalue weighted by molar-refractivity contribution is -0.287. The Labute approximate surface area is 355 Å². The molecule has 3 rings (SSSR count). The van der Waals surface area contributed by atoms with E-state index < -0.39 is 68.0 Å². The van der Waals surface area contributed by atoms with Gasteiger partial charge in [0, 0.05) is 37.5 Å². The van der Waals surface area contributed by atoms with Crippen LogP contribution in [0.4, 0.5) is 0 Å². The minimum atomic E-state index is -2.42. The van der Waals surface area contributed by atoms with Crippen LogP contribution in [0.1, 0.15) is 142 Å². The van der Waals surface area contributed by atoms with Crippen molar-refractivity contribution in [3.63, 3.8) is 0 Å². The standard InChI is InChI=1S/C46H90N2O9Si/c1-20-37-46(14,51)40(57-58(18,19)43(9,10)11)34(8)47-27-29(3)25-45(13,50)39(56-42-31(5)36(48(15)16)23-30(4)53-42)32(6)38(33(7)41(49)55-37)54-35-22-21-28(2)24-44(12,26-35)52-17/h28-40,42,47,50-51H,20-27H2,1-19H3/t28-,29-,30-,31-,32+,33-,34-,35-,36+,37-,38?,39-,40-,42?,44+,45-,46-/m1/s1. The highest BCUT2D eigenvalue weighted by Crippen LogP contribution is 2.43. The molecule has 3 N–H and O–H groups in total. The summed E-state index contributed by atoms with van der Waals surface area (Å²) in [5, 5.41) is 29.0. The van der Waals surface area contributed by atoms with Crippen LogP contribution >= 0.6 is 0 Å². The van der Waals surface area contributed by atoms with E-state index in [4.69, 9.17) is 28.1 Å². The van der Waals surface area contributed by atoms with Crippen LogP contribution in [-0.4, -0.2) is 129 Å². The number of rotatable bonds is 9. The molecule has 0 aromatic heterocycles. The first-order chi connectivity index (χ1) is 26.5. The first kappa shape index (κ1) is 51.7. The van der Waals surface area contributed by atoms with Gasteiger partial charge < -0.3 is 48.5 Å². The van der Waals surface area contributed by atoms with E-state index in [1.54, 1.807) is 14.0 Å². The van der Waals surface area contributed by atoms with Crippen LogP contribution in [0.15, 0.2) is 0 Å². The topological polar surface area (TPSA) is 128 Å². The summed E-state index contributed by atoms with van der Waals surface area (Å²) in [5.41, 5.74) is -3.26. The summed E-state index contributed by atoms with van der Waals surface area (Å²) in [7, 11) is 3.54. The van der Waals surface area contributed by atoms with E-state index in [1.165, 1.54) is 0 Å². The summed E-state index contributed by atoms with van der Waals surface area (Å²) in [6.45, 7) is 33.8. The van der Waals surface area contributed by atoms with Crippen LogP contribution in [0, 0.1) is 29.6 Å². The number of hydrogen-bond donors (Lipinski definition) is 3. The van der Waals surface area contributed by atoms with Crippen molar-refractivity contribution in [3.8, 4) is 0 Å². The number of hydrogen-bond acceptors (Lipinski definition) is 11. The Morgan fingerprint density at radius 3 is 2.07 bits per heavy atom. The second-order valence-corrected chi connectivity index (χ2v) is 26.6. The third-order valence-corrected chi connectivity index (χ3v) is 19.2. The zero-order chi connectivity index (χ0) is 44.3. The number of nitrogens with zero attached hydrogens (tertiary/aromatic N) is 1. The van der Waals surface area contributed by atoms with Gasteiger partial charge in [0.05, 0.1) is 47.6 Å². The predicted molar refractivity (Wildman–Crippen MR) is 235 cm³/mol. The number of aliphatic hydroxyl groups is 2. The third kappa shape index (κ3) is 12.7. The maximum Gasteiger partial charge on any atom is 0.311 e. The average Bonchev–Trinajstić information content (AvgIpc) is 3.25. The fraction of sp³-hybridized carbons (Fsp3) is 0.978. The molecule has 0 radical (unpaired) electrons. The first-order valence-corrected chi connectivity index (χ1v) is 25.6. The number of methoxy groups -OCH3 is 1. The Bertz CT molecular complexity index is 1290. The summed E-state index contributed by atoms with van der Waals surface area (Å²) in [6, 6.07) is -0.0793. The molecule has 12 heteroatoms. The fourth-order valence-corrected chi connectivity index (χ4v) is 11.5. The number of esters is 1. The molecule has 2 unspecified atom stereocenters.